The summed E-state index contributed by atoms with van der Waals surface area (Å²) in [5.41, 5.74) is 6.50. The maximum atomic E-state index is 11.2. The van der Waals surface area contributed by atoms with Crippen molar-refractivity contribution >= 4 is 35.8 Å². The molecule has 2 aromatic carbocycles. The minimum atomic E-state index is -0.229. The zero-order valence-corrected chi connectivity index (χ0v) is 19.0. The average Bonchev–Trinajstić information content (AvgIpc) is 2.70. The van der Waals surface area contributed by atoms with E-state index >= 15 is 0 Å². The van der Waals surface area contributed by atoms with Gasteiger partial charge in [-0.2, -0.15) is 0 Å². The van der Waals surface area contributed by atoms with E-state index in [1.165, 1.54) is 0 Å². The van der Waals surface area contributed by atoms with Gasteiger partial charge in [-0.15, -0.1) is 24.0 Å². The monoisotopic (exact) mass is 508 g/mol. The second-order valence-electron chi connectivity index (χ2n) is 7.08. The highest BCUT2D eigenvalue weighted by Crippen LogP contribution is 2.22. The van der Waals surface area contributed by atoms with E-state index in [0.717, 1.165) is 49.0 Å². The number of likely N-dealkylation sites (tertiary alicyclic amines) is 1. The van der Waals surface area contributed by atoms with Crippen LogP contribution in [0, 0.1) is 5.92 Å². The lowest BCUT2D eigenvalue weighted by Crippen LogP contribution is -2.46. The number of nitrogens with two attached hydrogens (primary N) is 1. The van der Waals surface area contributed by atoms with Gasteiger partial charge in [0.15, 0.2) is 5.96 Å². The van der Waals surface area contributed by atoms with Crippen molar-refractivity contribution in [3.8, 4) is 11.5 Å². The number of guanidine groups is 1. The molecule has 0 spiro atoms. The highest BCUT2D eigenvalue weighted by Gasteiger charge is 2.23. The molecule has 7 heteroatoms. The molecule has 1 aliphatic rings. The number of hydrogen-bond donors (Lipinski definition) is 2. The first kappa shape index (κ1) is 23.0. The van der Waals surface area contributed by atoms with E-state index in [9.17, 15) is 4.79 Å². The predicted molar refractivity (Wildman–Crippen MR) is 127 cm³/mol. The van der Waals surface area contributed by atoms with Gasteiger partial charge >= 0.3 is 0 Å². The highest BCUT2D eigenvalue weighted by atomic mass is 127. The molecule has 1 unspecified atom stereocenters. The number of para-hydroxylation sites is 1. The lowest BCUT2D eigenvalue weighted by atomic mass is 9.95. The van der Waals surface area contributed by atoms with E-state index in [1.807, 2.05) is 54.6 Å². The van der Waals surface area contributed by atoms with Crippen molar-refractivity contribution in [2.24, 2.45) is 16.6 Å². The summed E-state index contributed by atoms with van der Waals surface area (Å²) >= 11 is 0. The number of ether oxygens (including phenoxy) is 1. The van der Waals surface area contributed by atoms with Crippen LogP contribution in [0.2, 0.25) is 0 Å². The van der Waals surface area contributed by atoms with Gasteiger partial charge in [-0.05, 0) is 48.6 Å². The molecule has 1 saturated heterocycles. The highest BCUT2D eigenvalue weighted by molar-refractivity contribution is 14.0. The van der Waals surface area contributed by atoms with Gasteiger partial charge in [0.1, 0.15) is 11.5 Å². The standard InChI is InChI=1S/C22H28N4O2.HI/c1-24-22(26-13-5-6-18(16-26)14-21(23)27)25-15-17-9-11-20(12-10-17)28-19-7-3-2-4-8-19;/h2-4,7-12,18H,5-6,13-16H2,1H3,(H2,23,27)(H,24,25);1H. The smallest absolute Gasteiger partial charge is 0.217 e. The van der Waals surface area contributed by atoms with Gasteiger partial charge in [-0.25, -0.2) is 0 Å². The van der Waals surface area contributed by atoms with Crippen molar-refractivity contribution in [3.05, 3.63) is 60.2 Å². The zero-order valence-electron chi connectivity index (χ0n) is 16.7. The van der Waals surface area contributed by atoms with Crippen LogP contribution in [0.5, 0.6) is 11.5 Å². The van der Waals surface area contributed by atoms with Crippen LogP contribution in [0.3, 0.4) is 0 Å². The number of carbonyl (C=O) groups is 1. The van der Waals surface area contributed by atoms with Crippen LogP contribution in [-0.4, -0.2) is 36.9 Å². The van der Waals surface area contributed by atoms with Crippen LogP contribution < -0.4 is 15.8 Å². The van der Waals surface area contributed by atoms with E-state index in [4.69, 9.17) is 10.5 Å². The minimum absolute atomic E-state index is 0. The molecular weight excluding hydrogens is 479 g/mol. The summed E-state index contributed by atoms with van der Waals surface area (Å²) in [6.45, 7) is 2.43. The fraction of sp³-hybridized carbons (Fsp3) is 0.364. The van der Waals surface area contributed by atoms with Gasteiger partial charge in [-0.1, -0.05) is 30.3 Å². The molecule has 1 atom stereocenters. The number of rotatable bonds is 6. The van der Waals surface area contributed by atoms with Gasteiger partial charge in [0.05, 0.1) is 0 Å². The van der Waals surface area contributed by atoms with Crippen LogP contribution in [0.15, 0.2) is 59.6 Å². The van der Waals surface area contributed by atoms with Crippen molar-refractivity contribution in [3.63, 3.8) is 0 Å². The summed E-state index contributed by atoms with van der Waals surface area (Å²) < 4.78 is 5.83. The molecule has 29 heavy (non-hydrogen) atoms. The Hall–Kier alpha value is -2.29. The molecule has 0 saturated carbocycles. The second kappa shape index (κ2) is 11.6. The predicted octanol–water partition coefficient (Wildman–Crippen LogP) is 3.76. The molecule has 0 radical (unpaired) electrons. The molecule has 0 aliphatic carbocycles. The molecule has 1 amide bonds. The van der Waals surface area contributed by atoms with Crippen LogP contribution in [-0.2, 0) is 11.3 Å². The number of nitrogens with zero attached hydrogens (tertiary/aromatic N) is 2. The molecule has 2 aromatic rings. The average molecular weight is 508 g/mol. The van der Waals surface area contributed by atoms with Gasteiger partial charge in [0.25, 0.3) is 0 Å². The summed E-state index contributed by atoms with van der Waals surface area (Å²) in [6.07, 6.45) is 2.53. The normalized spacial score (nSPS) is 16.7. The molecule has 1 fully saturated rings. The Kier molecular flexibility index (Phi) is 9.24. The number of primary amides is 1. The first-order valence-electron chi connectivity index (χ1n) is 9.70. The number of halogens is 1. The van der Waals surface area contributed by atoms with Crippen molar-refractivity contribution in [2.75, 3.05) is 20.1 Å². The maximum absolute atomic E-state index is 11.2. The Balaban J connectivity index is 0.00000300. The van der Waals surface area contributed by atoms with Crippen molar-refractivity contribution in [2.45, 2.75) is 25.8 Å². The Morgan fingerprint density at radius 1 is 1.17 bits per heavy atom. The molecule has 0 aromatic heterocycles. The van der Waals surface area contributed by atoms with Crippen molar-refractivity contribution in [1.82, 2.24) is 10.2 Å². The van der Waals surface area contributed by atoms with Crippen LogP contribution in [0.1, 0.15) is 24.8 Å². The number of aliphatic imine (C=N–C) groups is 1. The Morgan fingerprint density at radius 3 is 2.52 bits per heavy atom. The second-order valence-corrected chi connectivity index (χ2v) is 7.08. The van der Waals surface area contributed by atoms with Crippen molar-refractivity contribution < 1.29 is 9.53 Å². The van der Waals surface area contributed by atoms with E-state index in [-0.39, 0.29) is 29.9 Å². The molecule has 156 valence electrons. The van der Waals surface area contributed by atoms with Crippen LogP contribution in [0.25, 0.3) is 0 Å². The number of nitrogens with one attached hydrogen (secondary N) is 1. The fourth-order valence-corrected chi connectivity index (χ4v) is 3.52. The minimum Gasteiger partial charge on any atom is -0.457 e. The Bertz CT molecular complexity index is 796. The topological polar surface area (TPSA) is 80.0 Å². The SMILES string of the molecule is CN=C(NCc1ccc(Oc2ccccc2)cc1)N1CCCC(CC(N)=O)C1.I. The summed E-state index contributed by atoms with van der Waals surface area (Å²) in [7, 11) is 1.79. The van der Waals surface area contributed by atoms with Gasteiger partial charge in [0.2, 0.25) is 5.91 Å². The fourth-order valence-electron chi connectivity index (χ4n) is 3.52. The van der Waals surface area contributed by atoms with E-state index in [0.29, 0.717) is 18.9 Å². The van der Waals surface area contributed by atoms with Gasteiger partial charge in [0, 0.05) is 33.1 Å². The number of piperidine rings is 1. The van der Waals surface area contributed by atoms with Crippen molar-refractivity contribution in [1.29, 1.82) is 0 Å². The molecule has 0 bridgehead atoms. The third kappa shape index (κ3) is 7.23. The first-order valence-corrected chi connectivity index (χ1v) is 9.70. The van der Waals surface area contributed by atoms with E-state index in [1.54, 1.807) is 7.05 Å². The first-order chi connectivity index (χ1) is 13.6. The zero-order chi connectivity index (χ0) is 19.8. The number of benzene rings is 2. The summed E-state index contributed by atoms with van der Waals surface area (Å²) in [5, 5.41) is 3.42. The van der Waals surface area contributed by atoms with Crippen LogP contribution >= 0.6 is 24.0 Å². The summed E-state index contributed by atoms with van der Waals surface area (Å²) in [5.74, 6) is 2.57. The van der Waals surface area contributed by atoms with E-state index in [2.05, 4.69) is 15.2 Å². The van der Waals surface area contributed by atoms with Gasteiger partial charge < -0.3 is 20.7 Å². The Labute approximate surface area is 189 Å². The molecule has 1 heterocycles. The third-order valence-corrected chi connectivity index (χ3v) is 4.87. The third-order valence-electron chi connectivity index (χ3n) is 4.87. The molecule has 3 N–H and O–H groups in total. The van der Waals surface area contributed by atoms with Gasteiger partial charge in [-0.3, -0.25) is 9.79 Å². The molecular formula is C22H29IN4O2. The van der Waals surface area contributed by atoms with Crippen LogP contribution in [0.4, 0.5) is 0 Å². The summed E-state index contributed by atoms with van der Waals surface area (Å²) in [4.78, 5) is 17.8. The molecule has 1 aliphatic heterocycles. The molecule has 3 rings (SSSR count). The number of amides is 1. The number of carbonyl (C=O) groups excluding carboxylic acids is 1. The lowest BCUT2D eigenvalue weighted by Gasteiger charge is -2.34. The lowest BCUT2D eigenvalue weighted by molar-refractivity contribution is -0.119. The Morgan fingerprint density at radius 2 is 1.86 bits per heavy atom. The quantitative estimate of drug-likeness (QED) is 0.354. The largest absolute Gasteiger partial charge is 0.457 e. The number of hydrogen-bond acceptors (Lipinski definition) is 3. The maximum Gasteiger partial charge on any atom is 0.217 e. The summed E-state index contributed by atoms with van der Waals surface area (Å²) in [6, 6.07) is 17.8. The van der Waals surface area contributed by atoms with E-state index < -0.39 is 0 Å². The molecule has 6 nitrogen and oxygen atoms in total.